The maximum Gasteiger partial charge on any atom is 0.229 e. The van der Waals surface area contributed by atoms with E-state index in [-0.39, 0.29) is 18.4 Å². The number of fused-ring (bicyclic) bond motifs is 1. The Morgan fingerprint density at radius 3 is 2.67 bits per heavy atom. The van der Waals surface area contributed by atoms with Crippen LogP contribution in [0.15, 0.2) is 41.3 Å². The van der Waals surface area contributed by atoms with Crippen LogP contribution in [0.2, 0.25) is 0 Å². The minimum Gasteiger partial charge on any atom is -0.444 e. The summed E-state index contributed by atoms with van der Waals surface area (Å²) in [7, 11) is 0. The van der Waals surface area contributed by atoms with Crippen LogP contribution in [0, 0.1) is 13.8 Å². The van der Waals surface area contributed by atoms with Crippen molar-refractivity contribution in [2.45, 2.75) is 59.2 Å². The first kappa shape index (κ1) is 24.0. The van der Waals surface area contributed by atoms with Crippen LogP contribution in [0.25, 0.3) is 22.5 Å². The highest BCUT2D eigenvalue weighted by Gasteiger charge is 2.22. The fraction of sp³-hybridized carbons (Fsp3) is 0.407. The molecule has 188 valence electrons. The normalized spacial score (nSPS) is 14.3. The third-order valence-corrected chi connectivity index (χ3v) is 6.43. The fourth-order valence-corrected chi connectivity index (χ4v) is 4.73. The molecule has 9 heteroatoms. The molecule has 0 aliphatic carbocycles. The summed E-state index contributed by atoms with van der Waals surface area (Å²) in [4.78, 5) is 21.9. The summed E-state index contributed by atoms with van der Waals surface area (Å²) in [5, 5.41) is 12.1. The van der Waals surface area contributed by atoms with Crippen molar-refractivity contribution in [3.8, 4) is 11.5 Å². The number of amides is 1. The number of oxazole rings is 1. The van der Waals surface area contributed by atoms with E-state index in [1.165, 1.54) is 11.1 Å². The van der Waals surface area contributed by atoms with Crippen molar-refractivity contribution >= 4 is 22.6 Å². The number of carbonyl (C=O) groups excluding carboxylic acids is 1. The van der Waals surface area contributed by atoms with Crippen molar-refractivity contribution < 1.29 is 13.9 Å². The lowest BCUT2D eigenvalue weighted by Crippen LogP contribution is -2.28. The van der Waals surface area contributed by atoms with Crippen molar-refractivity contribution in [1.29, 1.82) is 0 Å². The zero-order chi connectivity index (χ0) is 25.1. The number of ether oxygens (including phenoxy) is 1. The Balaban J connectivity index is 1.35. The molecule has 1 aliphatic rings. The van der Waals surface area contributed by atoms with Gasteiger partial charge in [0.15, 0.2) is 5.65 Å². The summed E-state index contributed by atoms with van der Waals surface area (Å²) >= 11 is 0. The second kappa shape index (κ2) is 10.5. The summed E-state index contributed by atoms with van der Waals surface area (Å²) in [5.41, 5.74) is 6.49. The van der Waals surface area contributed by atoms with Gasteiger partial charge in [0.25, 0.3) is 0 Å². The van der Waals surface area contributed by atoms with E-state index in [9.17, 15) is 4.79 Å². The second-order valence-electron chi connectivity index (χ2n) is 9.37. The Kier molecular flexibility index (Phi) is 6.99. The van der Waals surface area contributed by atoms with Crippen LogP contribution in [0.3, 0.4) is 0 Å². The van der Waals surface area contributed by atoms with Gasteiger partial charge in [-0.3, -0.25) is 4.79 Å². The first-order valence-corrected chi connectivity index (χ1v) is 12.5. The molecule has 0 unspecified atom stereocenters. The SMILES string of the molecule is CCn1ncc2c(NC3CCOCC3)c(-c3nc(CC(=O)NCc4cc(C)cc(C)c4)co3)cnc21. The van der Waals surface area contributed by atoms with E-state index < -0.39 is 0 Å². The van der Waals surface area contributed by atoms with Crippen LogP contribution in [0.5, 0.6) is 0 Å². The molecular formula is C27H32N6O3. The van der Waals surface area contributed by atoms with Crippen molar-refractivity contribution in [1.82, 2.24) is 25.1 Å². The highest BCUT2D eigenvalue weighted by Crippen LogP contribution is 2.34. The standard InChI is InChI=1S/C27H32N6O3/c1-4-33-26-22(15-30-33)25(31-20-5-7-35-8-6-20)23(14-29-26)27-32-21(16-36-27)12-24(34)28-13-19-10-17(2)9-18(3)11-19/h9-11,14-16,20H,4-8,12-13H2,1-3H3,(H,28,34)(H,29,31). The summed E-state index contributed by atoms with van der Waals surface area (Å²) < 4.78 is 13.2. The van der Waals surface area contributed by atoms with Gasteiger partial charge in [-0.2, -0.15) is 5.10 Å². The quantitative estimate of drug-likeness (QED) is 0.383. The molecule has 1 amide bonds. The zero-order valence-corrected chi connectivity index (χ0v) is 21.0. The molecule has 0 radical (unpaired) electrons. The highest BCUT2D eigenvalue weighted by molar-refractivity contribution is 5.96. The molecule has 1 aromatic carbocycles. The van der Waals surface area contributed by atoms with Gasteiger partial charge < -0.3 is 19.8 Å². The predicted octanol–water partition coefficient (Wildman–Crippen LogP) is 4.17. The average Bonchev–Trinajstić information content (AvgIpc) is 3.50. The summed E-state index contributed by atoms with van der Waals surface area (Å²) in [5.74, 6) is 0.327. The van der Waals surface area contributed by atoms with E-state index in [4.69, 9.17) is 9.15 Å². The third-order valence-electron chi connectivity index (χ3n) is 6.43. The molecule has 4 aromatic rings. The topological polar surface area (TPSA) is 107 Å². The molecule has 4 heterocycles. The Morgan fingerprint density at radius 2 is 1.92 bits per heavy atom. The minimum atomic E-state index is -0.104. The number of aromatic nitrogens is 4. The van der Waals surface area contributed by atoms with Crippen LogP contribution in [0.1, 0.15) is 42.1 Å². The third kappa shape index (κ3) is 5.26. The van der Waals surface area contributed by atoms with E-state index >= 15 is 0 Å². The van der Waals surface area contributed by atoms with Crippen molar-refractivity contribution in [2.24, 2.45) is 0 Å². The Hall–Kier alpha value is -3.72. The van der Waals surface area contributed by atoms with Crippen LogP contribution in [-0.2, 0) is 29.0 Å². The van der Waals surface area contributed by atoms with Gasteiger partial charge in [-0.1, -0.05) is 29.3 Å². The molecule has 1 aliphatic heterocycles. The van der Waals surface area contributed by atoms with E-state index in [2.05, 4.69) is 57.7 Å². The molecule has 0 bridgehead atoms. The first-order chi connectivity index (χ1) is 17.5. The van der Waals surface area contributed by atoms with Gasteiger partial charge in [-0.25, -0.2) is 14.6 Å². The van der Waals surface area contributed by atoms with Gasteiger partial charge >= 0.3 is 0 Å². The molecule has 0 saturated carbocycles. The monoisotopic (exact) mass is 488 g/mol. The van der Waals surface area contributed by atoms with Crippen LogP contribution in [0.4, 0.5) is 5.69 Å². The number of nitrogens with one attached hydrogen (secondary N) is 2. The first-order valence-electron chi connectivity index (χ1n) is 12.5. The van der Waals surface area contributed by atoms with Gasteiger partial charge in [0.1, 0.15) is 6.26 Å². The highest BCUT2D eigenvalue weighted by atomic mass is 16.5. The molecule has 5 rings (SSSR count). The maximum atomic E-state index is 12.6. The fourth-order valence-electron chi connectivity index (χ4n) is 4.73. The van der Waals surface area contributed by atoms with Gasteiger partial charge in [-0.05, 0) is 39.2 Å². The number of anilines is 1. The number of nitrogens with zero attached hydrogens (tertiary/aromatic N) is 4. The van der Waals surface area contributed by atoms with E-state index in [1.807, 2.05) is 17.8 Å². The Labute approximate surface area is 210 Å². The predicted molar refractivity (Wildman–Crippen MR) is 138 cm³/mol. The molecule has 1 fully saturated rings. The lowest BCUT2D eigenvalue weighted by atomic mass is 10.1. The lowest BCUT2D eigenvalue weighted by Gasteiger charge is -2.25. The molecule has 0 atom stereocenters. The summed E-state index contributed by atoms with van der Waals surface area (Å²) in [6.07, 6.45) is 7.13. The molecular weight excluding hydrogens is 456 g/mol. The van der Waals surface area contributed by atoms with Crippen molar-refractivity contribution in [3.05, 3.63) is 59.2 Å². The number of aryl methyl sites for hydroxylation is 3. The van der Waals surface area contributed by atoms with Crippen LogP contribution >= 0.6 is 0 Å². The van der Waals surface area contributed by atoms with E-state index in [0.29, 0.717) is 18.1 Å². The molecule has 9 nitrogen and oxygen atoms in total. The van der Waals surface area contributed by atoms with E-state index in [0.717, 1.165) is 60.4 Å². The largest absolute Gasteiger partial charge is 0.444 e. The zero-order valence-electron chi connectivity index (χ0n) is 21.0. The number of carbonyl (C=O) groups is 1. The Morgan fingerprint density at radius 1 is 1.14 bits per heavy atom. The van der Waals surface area contributed by atoms with Crippen molar-refractivity contribution in [3.63, 3.8) is 0 Å². The maximum absolute atomic E-state index is 12.6. The van der Waals surface area contributed by atoms with E-state index in [1.54, 1.807) is 12.5 Å². The number of hydrogen-bond donors (Lipinski definition) is 2. The van der Waals surface area contributed by atoms with Gasteiger partial charge in [0.05, 0.1) is 34.9 Å². The molecule has 36 heavy (non-hydrogen) atoms. The number of hydrogen-bond acceptors (Lipinski definition) is 7. The van der Waals surface area contributed by atoms with Crippen LogP contribution < -0.4 is 10.6 Å². The van der Waals surface area contributed by atoms with Gasteiger partial charge in [-0.15, -0.1) is 0 Å². The smallest absolute Gasteiger partial charge is 0.229 e. The van der Waals surface area contributed by atoms with Crippen LogP contribution in [-0.4, -0.2) is 44.9 Å². The summed E-state index contributed by atoms with van der Waals surface area (Å²) in [6.45, 7) is 8.82. The summed E-state index contributed by atoms with van der Waals surface area (Å²) in [6, 6.07) is 6.56. The minimum absolute atomic E-state index is 0.104. The number of rotatable bonds is 8. The molecule has 0 spiro atoms. The number of pyridine rings is 1. The van der Waals surface area contributed by atoms with Crippen molar-refractivity contribution in [2.75, 3.05) is 18.5 Å². The molecule has 2 N–H and O–H groups in total. The Bertz CT molecular complexity index is 1350. The number of benzene rings is 1. The average molecular weight is 489 g/mol. The lowest BCUT2D eigenvalue weighted by molar-refractivity contribution is -0.120. The molecule has 1 saturated heterocycles. The molecule has 3 aromatic heterocycles. The second-order valence-corrected chi connectivity index (χ2v) is 9.37. The van der Waals surface area contributed by atoms with Gasteiger partial charge in [0, 0.05) is 38.5 Å². The van der Waals surface area contributed by atoms with Gasteiger partial charge in [0.2, 0.25) is 11.8 Å².